The molecule has 0 saturated heterocycles. The summed E-state index contributed by atoms with van der Waals surface area (Å²) in [6.07, 6.45) is 3.20. The van der Waals surface area contributed by atoms with E-state index in [1.165, 1.54) is 15.4 Å². The van der Waals surface area contributed by atoms with Gasteiger partial charge in [0.25, 0.3) is 0 Å². The third-order valence-electron chi connectivity index (χ3n) is 3.21. The fraction of sp³-hybridized carbons (Fsp3) is 0.250. The van der Waals surface area contributed by atoms with Gasteiger partial charge in [-0.25, -0.2) is 0 Å². The van der Waals surface area contributed by atoms with Crippen molar-refractivity contribution >= 4 is 23.5 Å². The highest BCUT2D eigenvalue weighted by Crippen LogP contribution is 2.37. The van der Waals surface area contributed by atoms with E-state index >= 15 is 0 Å². The van der Waals surface area contributed by atoms with Crippen molar-refractivity contribution in [3.05, 3.63) is 54.1 Å². The third-order valence-corrected chi connectivity index (χ3v) is 5.27. The second kappa shape index (κ2) is 5.93. The molecule has 0 bridgehead atoms. The van der Waals surface area contributed by atoms with Crippen LogP contribution in [0.2, 0.25) is 0 Å². The van der Waals surface area contributed by atoms with Crippen molar-refractivity contribution in [1.29, 1.82) is 0 Å². The van der Waals surface area contributed by atoms with Gasteiger partial charge >= 0.3 is 0 Å². The lowest BCUT2D eigenvalue weighted by Crippen LogP contribution is -2.13. The molecular formula is C16H16OS2. The van der Waals surface area contributed by atoms with Crippen LogP contribution < -0.4 is 4.74 Å². The third kappa shape index (κ3) is 2.93. The Labute approximate surface area is 122 Å². The first-order valence-corrected chi connectivity index (χ1v) is 8.47. The lowest BCUT2D eigenvalue weighted by molar-refractivity contribution is 0.310. The number of ether oxygens (including phenoxy) is 1. The average molecular weight is 288 g/mol. The van der Waals surface area contributed by atoms with E-state index < -0.39 is 0 Å². The van der Waals surface area contributed by atoms with E-state index in [1.54, 1.807) is 11.8 Å². The Morgan fingerprint density at radius 3 is 2.79 bits per heavy atom. The summed E-state index contributed by atoms with van der Waals surface area (Å²) in [4.78, 5) is 2.62. The molecule has 2 aromatic carbocycles. The van der Waals surface area contributed by atoms with Crippen molar-refractivity contribution in [3.63, 3.8) is 0 Å². The first-order valence-electron chi connectivity index (χ1n) is 6.37. The molecule has 3 heteroatoms. The predicted molar refractivity (Wildman–Crippen MR) is 83.5 cm³/mol. The van der Waals surface area contributed by atoms with Gasteiger partial charge in [0.1, 0.15) is 12.4 Å². The summed E-state index contributed by atoms with van der Waals surface area (Å²) >= 11 is 3.67. The molecule has 2 aromatic rings. The summed E-state index contributed by atoms with van der Waals surface area (Å²) in [7, 11) is 0. The van der Waals surface area contributed by atoms with Gasteiger partial charge in [0.05, 0.1) is 0 Å². The van der Waals surface area contributed by atoms with Crippen molar-refractivity contribution < 1.29 is 4.74 Å². The van der Waals surface area contributed by atoms with Crippen LogP contribution in [0.3, 0.4) is 0 Å². The van der Waals surface area contributed by atoms with Gasteiger partial charge in [0, 0.05) is 15.0 Å². The van der Waals surface area contributed by atoms with Gasteiger partial charge < -0.3 is 4.74 Å². The lowest BCUT2D eigenvalue weighted by atomic mass is 10.1. The van der Waals surface area contributed by atoms with Crippen molar-refractivity contribution in [2.75, 3.05) is 12.9 Å². The molecule has 1 unspecified atom stereocenters. The normalized spacial score (nSPS) is 17.2. The highest BCUT2D eigenvalue weighted by molar-refractivity contribution is 8.00. The monoisotopic (exact) mass is 288 g/mol. The molecule has 1 heterocycles. The second-order valence-electron chi connectivity index (χ2n) is 4.51. The van der Waals surface area contributed by atoms with Crippen LogP contribution >= 0.6 is 23.5 Å². The number of para-hydroxylation sites is 1. The Morgan fingerprint density at radius 1 is 1.16 bits per heavy atom. The van der Waals surface area contributed by atoms with E-state index in [-0.39, 0.29) is 0 Å². The van der Waals surface area contributed by atoms with Crippen molar-refractivity contribution in [2.45, 2.75) is 21.5 Å². The SMILES string of the molecule is CSc1ccccc1OCC1Cc2ccccc2S1. The molecule has 0 aromatic heterocycles. The van der Waals surface area contributed by atoms with Crippen LogP contribution in [0, 0.1) is 0 Å². The number of thioether (sulfide) groups is 2. The number of hydrogen-bond acceptors (Lipinski definition) is 3. The summed E-state index contributed by atoms with van der Waals surface area (Å²) < 4.78 is 6.00. The molecular weight excluding hydrogens is 272 g/mol. The van der Waals surface area contributed by atoms with Crippen LogP contribution in [0.4, 0.5) is 0 Å². The highest BCUT2D eigenvalue weighted by atomic mass is 32.2. The molecule has 98 valence electrons. The largest absolute Gasteiger partial charge is 0.491 e. The van der Waals surface area contributed by atoms with Gasteiger partial charge in [-0.1, -0.05) is 30.3 Å². The Balaban J connectivity index is 1.63. The number of benzene rings is 2. The minimum atomic E-state index is 0.535. The summed E-state index contributed by atoms with van der Waals surface area (Å²) in [6.45, 7) is 0.775. The topological polar surface area (TPSA) is 9.23 Å². The van der Waals surface area contributed by atoms with E-state index in [4.69, 9.17) is 4.74 Å². The first kappa shape index (κ1) is 12.9. The van der Waals surface area contributed by atoms with Crippen LogP contribution in [-0.4, -0.2) is 18.1 Å². The molecule has 0 amide bonds. The maximum atomic E-state index is 6.00. The number of fused-ring (bicyclic) bond motifs is 1. The Kier molecular flexibility index (Phi) is 4.04. The Hall–Kier alpha value is -1.06. The second-order valence-corrected chi connectivity index (χ2v) is 6.70. The van der Waals surface area contributed by atoms with Crippen molar-refractivity contribution in [2.24, 2.45) is 0 Å². The Bertz CT molecular complexity index is 543. The van der Waals surface area contributed by atoms with E-state index in [0.29, 0.717) is 5.25 Å². The summed E-state index contributed by atoms with van der Waals surface area (Å²) in [5.74, 6) is 1.01. The quantitative estimate of drug-likeness (QED) is 0.766. The molecule has 0 saturated carbocycles. The van der Waals surface area contributed by atoms with Crippen LogP contribution in [0.15, 0.2) is 58.3 Å². The van der Waals surface area contributed by atoms with Gasteiger partial charge in [0.15, 0.2) is 0 Å². The van der Waals surface area contributed by atoms with Crippen molar-refractivity contribution in [1.82, 2.24) is 0 Å². The van der Waals surface area contributed by atoms with Gasteiger partial charge in [-0.15, -0.1) is 23.5 Å². The molecule has 1 aliphatic heterocycles. The summed E-state index contributed by atoms with van der Waals surface area (Å²) in [5, 5.41) is 0.535. The van der Waals surface area contributed by atoms with E-state index in [0.717, 1.165) is 18.8 Å². The molecule has 0 N–H and O–H groups in total. The number of rotatable bonds is 4. The molecule has 3 rings (SSSR count). The zero-order valence-electron chi connectivity index (χ0n) is 10.8. The maximum Gasteiger partial charge on any atom is 0.132 e. The maximum absolute atomic E-state index is 6.00. The van der Waals surface area contributed by atoms with E-state index in [2.05, 4.69) is 48.7 Å². The molecule has 0 spiro atoms. The predicted octanol–water partition coefficient (Wildman–Crippen LogP) is 4.50. The smallest absolute Gasteiger partial charge is 0.132 e. The van der Waals surface area contributed by atoms with E-state index in [9.17, 15) is 0 Å². The van der Waals surface area contributed by atoms with Crippen LogP contribution in [-0.2, 0) is 6.42 Å². The highest BCUT2D eigenvalue weighted by Gasteiger charge is 2.22. The zero-order valence-corrected chi connectivity index (χ0v) is 12.5. The standard InChI is InChI=1S/C16H16OS2/c1-18-16-9-5-3-7-14(16)17-11-13-10-12-6-2-4-8-15(12)19-13/h2-9,13H,10-11H2,1H3. The molecule has 1 nitrogen and oxygen atoms in total. The fourth-order valence-corrected chi connectivity index (χ4v) is 4.03. The molecule has 0 radical (unpaired) electrons. The fourth-order valence-electron chi connectivity index (χ4n) is 2.27. The molecule has 0 fully saturated rings. The summed E-state index contributed by atoms with van der Waals surface area (Å²) in [6, 6.07) is 16.9. The van der Waals surface area contributed by atoms with Gasteiger partial charge in [-0.05, 0) is 36.4 Å². The van der Waals surface area contributed by atoms with Crippen LogP contribution in [0.5, 0.6) is 5.75 Å². The molecule has 1 aliphatic rings. The Morgan fingerprint density at radius 2 is 1.95 bits per heavy atom. The minimum absolute atomic E-state index is 0.535. The minimum Gasteiger partial charge on any atom is -0.491 e. The van der Waals surface area contributed by atoms with Gasteiger partial charge in [0.2, 0.25) is 0 Å². The van der Waals surface area contributed by atoms with Crippen LogP contribution in [0.1, 0.15) is 5.56 Å². The van der Waals surface area contributed by atoms with Gasteiger partial charge in [-0.2, -0.15) is 0 Å². The summed E-state index contributed by atoms with van der Waals surface area (Å²) in [5.41, 5.74) is 1.46. The molecule has 1 atom stereocenters. The van der Waals surface area contributed by atoms with Crippen molar-refractivity contribution in [3.8, 4) is 5.75 Å². The first-order chi connectivity index (χ1) is 9.36. The van der Waals surface area contributed by atoms with Gasteiger partial charge in [-0.3, -0.25) is 0 Å². The molecule has 19 heavy (non-hydrogen) atoms. The van der Waals surface area contributed by atoms with Crippen LogP contribution in [0.25, 0.3) is 0 Å². The zero-order chi connectivity index (χ0) is 13.1. The van der Waals surface area contributed by atoms with E-state index in [1.807, 2.05) is 17.8 Å². The molecule has 0 aliphatic carbocycles. The average Bonchev–Trinajstić information content (AvgIpc) is 2.88. The number of hydrogen-bond donors (Lipinski definition) is 0. The lowest BCUT2D eigenvalue weighted by Gasteiger charge is -2.13.